The molecular formula is C13H24N4OS. The summed E-state index contributed by atoms with van der Waals surface area (Å²) in [6, 6.07) is 0. The number of hydrogen-bond acceptors (Lipinski definition) is 5. The Balaban J connectivity index is 2.69. The van der Waals surface area contributed by atoms with E-state index >= 15 is 0 Å². The van der Waals surface area contributed by atoms with E-state index in [2.05, 4.69) is 27.5 Å². The Kier molecular flexibility index (Phi) is 6.77. The van der Waals surface area contributed by atoms with Crippen molar-refractivity contribution in [1.82, 2.24) is 9.97 Å². The van der Waals surface area contributed by atoms with Gasteiger partial charge < -0.3 is 10.6 Å². The second-order valence-electron chi connectivity index (χ2n) is 4.57. The van der Waals surface area contributed by atoms with Gasteiger partial charge >= 0.3 is 0 Å². The standard InChI is InChI=1S/C13H24N4OS/c1-5-6-11-12(14-3)16-9-17-13(11)15-8-7-10(2)19(4)18/h9-10H,5-8H2,1-4H3,(H2,14,15,16,17). The second kappa shape index (κ2) is 8.09. The summed E-state index contributed by atoms with van der Waals surface area (Å²) in [5.41, 5.74) is 1.12. The third-order valence-corrected chi connectivity index (χ3v) is 4.46. The minimum atomic E-state index is -0.768. The van der Waals surface area contributed by atoms with Crippen molar-refractivity contribution >= 4 is 22.4 Å². The fourth-order valence-corrected chi connectivity index (χ4v) is 2.28. The Morgan fingerprint density at radius 3 is 2.63 bits per heavy atom. The van der Waals surface area contributed by atoms with Gasteiger partial charge in [-0.3, -0.25) is 4.21 Å². The summed E-state index contributed by atoms with van der Waals surface area (Å²) in [5, 5.41) is 6.63. The van der Waals surface area contributed by atoms with Crippen LogP contribution in [0, 0.1) is 0 Å². The third kappa shape index (κ3) is 4.78. The summed E-state index contributed by atoms with van der Waals surface area (Å²) in [6.45, 7) is 4.92. The molecule has 2 atom stereocenters. The lowest BCUT2D eigenvalue weighted by Gasteiger charge is -2.14. The highest BCUT2D eigenvalue weighted by Gasteiger charge is 2.10. The van der Waals surface area contributed by atoms with E-state index in [0.717, 1.165) is 43.0 Å². The Bertz CT molecular complexity index is 425. The van der Waals surface area contributed by atoms with Crippen LogP contribution in [-0.2, 0) is 17.2 Å². The molecule has 0 amide bonds. The molecule has 19 heavy (non-hydrogen) atoms. The molecule has 1 rings (SSSR count). The van der Waals surface area contributed by atoms with Gasteiger partial charge in [-0.15, -0.1) is 0 Å². The Hall–Kier alpha value is -1.17. The Labute approximate surface area is 118 Å². The van der Waals surface area contributed by atoms with Crippen molar-refractivity contribution in [3.05, 3.63) is 11.9 Å². The van der Waals surface area contributed by atoms with Gasteiger partial charge in [0.1, 0.15) is 18.0 Å². The molecule has 2 unspecified atom stereocenters. The topological polar surface area (TPSA) is 66.9 Å². The summed E-state index contributed by atoms with van der Waals surface area (Å²) < 4.78 is 11.3. The molecule has 6 heteroatoms. The number of rotatable bonds is 8. The third-order valence-electron chi connectivity index (χ3n) is 3.09. The highest BCUT2D eigenvalue weighted by molar-refractivity contribution is 7.84. The molecule has 108 valence electrons. The molecule has 0 spiro atoms. The minimum Gasteiger partial charge on any atom is -0.373 e. The maximum atomic E-state index is 11.3. The molecular weight excluding hydrogens is 260 g/mol. The van der Waals surface area contributed by atoms with Crippen LogP contribution in [0.2, 0.25) is 0 Å². The molecule has 5 nitrogen and oxygen atoms in total. The monoisotopic (exact) mass is 284 g/mol. The van der Waals surface area contributed by atoms with Crippen LogP contribution >= 0.6 is 0 Å². The molecule has 0 fully saturated rings. The van der Waals surface area contributed by atoms with Crippen molar-refractivity contribution in [2.24, 2.45) is 0 Å². The molecule has 0 saturated carbocycles. The van der Waals surface area contributed by atoms with Gasteiger partial charge in [0.2, 0.25) is 0 Å². The normalized spacial score (nSPS) is 13.9. The smallest absolute Gasteiger partial charge is 0.134 e. The second-order valence-corrected chi connectivity index (χ2v) is 6.38. The van der Waals surface area contributed by atoms with E-state index in [1.165, 1.54) is 0 Å². The number of anilines is 2. The number of nitrogens with one attached hydrogen (secondary N) is 2. The van der Waals surface area contributed by atoms with Crippen LogP contribution in [0.15, 0.2) is 6.33 Å². The van der Waals surface area contributed by atoms with Gasteiger partial charge in [-0.25, -0.2) is 9.97 Å². The van der Waals surface area contributed by atoms with Gasteiger partial charge in [0, 0.05) is 41.5 Å². The molecule has 0 saturated heterocycles. The average molecular weight is 284 g/mol. The summed E-state index contributed by atoms with van der Waals surface area (Å²) in [7, 11) is 1.10. The fourth-order valence-electron chi connectivity index (χ4n) is 1.83. The van der Waals surface area contributed by atoms with Gasteiger partial charge in [-0.2, -0.15) is 0 Å². The number of nitrogens with zero attached hydrogens (tertiary/aromatic N) is 2. The van der Waals surface area contributed by atoms with Crippen LogP contribution in [0.3, 0.4) is 0 Å². The van der Waals surface area contributed by atoms with Crippen molar-refractivity contribution in [1.29, 1.82) is 0 Å². The van der Waals surface area contributed by atoms with Crippen LogP contribution < -0.4 is 10.6 Å². The SMILES string of the molecule is CCCc1c(NC)ncnc1NCCC(C)S(C)=O. The predicted molar refractivity (Wildman–Crippen MR) is 82.2 cm³/mol. The lowest BCUT2D eigenvalue weighted by Crippen LogP contribution is -2.16. The van der Waals surface area contributed by atoms with E-state index in [4.69, 9.17) is 0 Å². The molecule has 0 aromatic carbocycles. The van der Waals surface area contributed by atoms with Crippen LogP contribution in [-0.4, -0.2) is 39.3 Å². The van der Waals surface area contributed by atoms with Crippen molar-refractivity contribution in [3.63, 3.8) is 0 Å². The zero-order chi connectivity index (χ0) is 14.3. The zero-order valence-electron chi connectivity index (χ0n) is 12.2. The van der Waals surface area contributed by atoms with E-state index in [9.17, 15) is 4.21 Å². The van der Waals surface area contributed by atoms with Crippen LogP contribution in [0.4, 0.5) is 11.6 Å². The van der Waals surface area contributed by atoms with E-state index < -0.39 is 10.8 Å². The lowest BCUT2D eigenvalue weighted by molar-refractivity contribution is 0.672. The van der Waals surface area contributed by atoms with Crippen molar-refractivity contribution in [2.45, 2.75) is 38.4 Å². The first-order valence-electron chi connectivity index (χ1n) is 6.67. The predicted octanol–water partition coefficient (Wildman–Crippen LogP) is 2.04. The van der Waals surface area contributed by atoms with Gasteiger partial charge in [-0.1, -0.05) is 20.3 Å². The van der Waals surface area contributed by atoms with Gasteiger partial charge in [0.25, 0.3) is 0 Å². The largest absolute Gasteiger partial charge is 0.373 e. The van der Waals surface area contributed by atoms with Gasteiger partial charge in [-0.05, 0) is 12.8 Å². The van der Waals surface area contributed by atoms with Gasteiger partial charge in [0.05, 0.1) is 0 Å². The van der Waals surface area contributed by atoms with Gasteiger partial charge in [0.15, 0.2) is 0 Å². The average Bonchev–Trinajstić information content (AvgIpc) is 2.40. The van der Waals surface area contributed by atoms with E-state index in [1.807, 2.05) is 14.0 Å². The molecule has 0 aliphatic carbocycles. The fraction of sp³-hybridized carbons (Fsp3) is 0.692. The number of hydrogen-bond donors (Lipinski definition) is 2. The molecule has 0 aliphatic rings. The van der Waals surface area contributed by atoms with Crippen molar-refractivity contribution in [3.8, 4) is 0 Å². The molecule has 0 bridgehead atoms. The highest BCUT2D eigenvalue weighted by Crippen LogP contribution is 2.21. The first-order valence-corrected chi connectivity index (χ1v) is 8.30. The molecule has 1 aromatic rings. The van der Waals surface area contributed by atoms with Crippen molar-refractivity contribution in [2.75, 3.05) is 30.5 Å². The quantitative estimate of drug-likeness (QED) is 0.764. The summed E-state index contributed by atoms with van der Waals surface area (Å²) in [5.74, 6) is 1.77. The number of aromatic nitrogens is 2. The Morgan fingerprint density at radius 1 is 1.37 bits per heavy atom. The summed E-state index contributed by atoms with van der Waals surface area (Å²) >= 11 is 0. The first-order chi connectivity index (χ1) is 9.10. The first kappa shape index (κ1) is 15.9. The molecule has 1 heterocycles. The molecule has 0 aliphatic heterocycles. The van der Waals surface area contributed by atoms with Crippen LogP contribution in [0.5, 0.6) is 0 Å². The highest BCUT2D eigenvalue weighted by atomic mass is 32.2. The minimum absolute atomic E-state index is 0.202. The van der Waals surface area contributed by atoms with Crippen molar-refractivity contribution < 1.29 is 4.21 Å². The summed E-state index contributed by atoms with van der Waals surface area (Å²) in [6.07, 6.45) is 6.17. The summed E-state index contributed by atoms with van der Waals surface area (Å²) in [4.78, 5) is 8.55. The van der Waals surface area contributed by atoms with Crippen LogP contribution in [0.25, 0.3) is 0 Å². The zero-order valence-corrected chi connectivity index (χ0v) is 13.0. The maximum Gasteiger partial charge on any atom is 0.134 e. The Morgan fingerprint density at radius 2 is 2.05 bits per heavy atom. The maximum absolute atomic E-state index is 11.3. The molecule has 1 aromatic heterocycles. The van der Waals surface area contributed by atoms with E-state index in [-0.39, 0.29) is 5.25 Å². The lowest BCUT2D eigenvalue weighted by atomic mass is 10.1. The molecule has 2 N–H and O–H groups in total. The van der Waals surface area contributed by atoms with E-state index in [1.54, 1.807) is 12.6 Å². The van der Waals surface area contributed by atoms with Crippen LogP contribution in [0.1, 0.15) is 32.3 Å². The molecule has 0 radical (unpaired) electrons. The van der Waals surface area contributed by atoms with E-state index in [0.29, 0.717) is 0 Å².